The van der Waals surface area contributed by atoms with Crippen LogP contribution in [0.4, 0.5) is 29.5 Å². The molecule has 38 heavy (non-hydrogen) atoms. The third-order valence-electron chi connectivity index (χ3n) is 5.82. The Morgan fingerprint density at radius 3 is 2.37 bits per heavy atom. The van der Waals surface area contributed by atoms with Crippen LogP contribution in [0.25, 0.3) is 0 Å². The van der Waals surface area contributed by atoms with Crippen LogP contribution in [0.1, 0.15) is 38.3 Å². The molecule has 2 heterocycles. The first-order chi connectivity index (χ1) is 18.1. The zero-order valence-electron chi connectivity index (χ0n) is 19.6. The molecule has 196 valence electrons. The molecule has 0 unspecified atom stereocenters. The molecule has 13 heteroatoms. The number of hydrogen-bond acceptors (Lipinski definition) is 6. The zero-order valence-corrected chi connectivity index (χ0v) is 19.6. The third-order valence-corrected chi connectivity index (χ3v) is 5.82. The highest BCUT2D eigenvalue weighted by molar-refractivity contribution is 6.09. The average molecular weight is 527 g/mol. The number of nitrogens with zero attached hydrogens (tertiary/aromatic N) is 4. The molecular formula is C25H20F3N5O5. The van der Waals surface area contributed by atoms with Crippen LogP contribution in [0.2, 0.25) is 0 Å². The molecule has 0 saturated carbocycles. The quantitative estimate of drug-likeness (QED) is 0.374. The second-order valence-corrected chi connectivity index (χ2v) is 8.30. The Kier molecular flexibility index (Phi) is 7.37. The van der Waals surface area contributed by atoms with Crippen molar-refractivity contribution in [2.75, 3.05) is 18.0 Å². The third kappa shape index (κ3) is 5.61. The number of hydrogen-bond donors (Lipinski definition) is 1. The summed E-state index contributed by atoms with van der Waals surface area (Å²) in [7, 11) is 0. The van der Waals surface area contributed by atoms with Crippen molar-refractivity contribution in [3.8, 4) is 0 Å². The van der Waals surface area contributed by atoms with E-state index in [4.69, 9.17) is 0 Å². The molecular weight excluding hydrogens is 507 g/mol. The molecule has 1 N–H and O–H groups in total. The van der Waals surface area contributed by atoms with Gasteiger partial charge in [0.05, 0.1) is 21.6 Å². The standard InChI is InChI=1S/C25H20F3N5O5/c26-25(27,28)20-5-2-1-4-19(20)23(35)32-13-3-12-31(24(32)36)21-11-8-17(15-29-21)22(34)30-14-16-6-9-18(10-7-16)33(37)38/h1-2,4-11,15H,3,12-14H2,(H,30,34). The monoisotopic (exact) mass is 527 g/mol. The van der Waals surface area contributed by atoms with E-state index in [1.807, 2.05) is 0 Å². The fourth-order valence-electron chi connectivity index (χ4n) is 3.89. The Balaban J connectivity index is 1.43. The lowest BCUT2D eigenvalue weighted by molar-refractivity contribution is -0.384. The first-order valence-electron chi connectivity index (χ1n) is 11.3. The summed E-state index contributed by atoms with van der Waals surface area (Å²) >= 11 is 0. The van der Waals surface area contributed by atoms with Crippen LogP contribution in [0, 0.1) is 10.1 Å². The van der Waals surface area contributed by atoms with Gasteiger partial charge >= 0.3 is 12.2 Å². The van der Waals surface area contributed by atoms with Crippen molar-refractivity contribution in [1.82, 2.24) is 15.2 Å². The normalized spacial score (nSPS) is 13.8. The maximum atomic E-state index is 13.4. The van der Waals surface area contributed by atoms with Gasteiger partial charge in [0.15, 0.2) is 0 Å². The van der Waals surface area contributed by atoms with E-state index in [1.165, 1.54) is 48.7 Å². The largest absolute Gasteiger partial charge is 0.417 e. The summed E-state index contributed by atoms with van der Waals surface area (Å²) in [6.45, 7) is 0.241. The van der Waals surface area contributed by atoms with Crippen LogP contribution in [-0.2, 0) is 12.7 Å². The van der Waals surface area contributed by atoms with Crippen LogP contribution >= 0.6 is 0 Å². The molecule has 0 spiro atoms. The van der Waals surface area contributed by atoms with Crippen LogP contribution in [0.3, 0.4) is 0 Å². The van der Waals surface area contributed by atoms with Crippen molar-refractivity contribution < 1.29 is 32.5 Å². The molecule has 0 aliphatic carbocycles. The van der Waals surface area contributed by atoms with Gasteiger partial charge in [-0.2, -0.15) is 13.2 Å². The number of carbonyl (C=O) groups excluding carboxylic acids is 3. The number of anilines is 1. The van der Waals surface area contributed by atoms with Crippen LogP contribution in [-0.4, -0.2) is 45.7 Å². The van der Waals surface area contributed by atoms with E-state index in [0.717, 1.165) is 28.0 Å². The Bertz CT molecular complexity index is 1380. The van der Waals surface area contributed by atoms with E-state index in [9.17, 15) is 37.7 Å². The van der Waals surface area contributed by atoms with Gasteiger partial charge in [0, 0.05) is 38.0 Å². The predicted octanol–water partition coefficient (Wildman–Crippen LogP) is 4.41. The SMILES string of the molecule is O=C(NCc1ccc([N+](=O)[O-])cc1)c1ccc(N2CCCN(C(=O)c3ccccc3C(F)(F)F)C2=O)nc1. The zero-order chi connectivity index (χ0) is 27.4. The summed E-state index contributed by atoms with van der Waals surface area (Å²) in [5, 5.41) is 13.4. The lowest BCUT2D eigenvalue weighted by Gasteiger charge is -2.34. The van der Waals surface area contributed by atoms with E-state index in [1.54, 1.807) is 0 Å². The molecule has 0 radical (unpaired) electrons. The number of nitro groups is 1. The molecule has 0 atom stereocenters. The number of benzene rings is 2. The van der Waals surface area contributed by atoms with Gasteiger partial charge in [-0.05, 0) is 36.2 Å². The predicted molar refractivity (Wildman–Crippen MR) is 128 cm³/mol. The van der Waals surface area contributed by atoms with Crippen LogP contribution in [0.15, 0.2) is 66.9 Å². The first-order valence-corrected chi connectivity index (χ1v) is 11.3. The number of halogens is 3. The van der Waals surface area contributed by atoms with Gasteiger partial charge < -0.3 is 5.32 Å². The molecule has 0 bridgehead atoms. The van der Waals surface area contributed by atoms with Gasteiger partial charge in [0.1, 0.15) is 5.82 Å². The molecule has 10 nitrogen and oxygen atoms in total. The molecule has 1 fully saturated rings. The van der Waals surface area contributed by atoms with Gasteiger partial charge in [0.25, 0.3) is 17.5 Å². The van der Waals surface area contributed by atoms with Crippen molar-refractivity contribution >= 4 is 29.4 Å². The molecule has 1 aliphatic rings. The molecule has 1 saturated heterocycles. The van der Waals surface area contributed by atoms with Crippen LogP contribution < -0.4 is 10.2 Å². The highest BCUT2D eigenvalue weighted by Gasteiger charge is 2.39. The summed E-state index contributed by atoms with van der Waals surface area (Å²) in [5.74, 6) is -1.41. The summed E-state index contributed by atoms with van der Waals surface area (Å²) in [4.78, 5) is 54.7. The van der Waals surface area contributed by atoms with Gasteiger partial charge in [0.2, 0.25) is 0 Å². The number of nitrogens with one attached hydrogen (secondary N) is 1. The van der Waals surface area contributed by atoms with Crippen molar-refractivity contribution in [2.45, 2.75) is 19.1 Å². The summed E-state index contributed by atoms with van der Waals surface area (Å²) in [6.07, 6.45) is -3.22. The Labute approximate surface area is 213 Å². The number of urea groups is 1. The first kappa shape index (κ1) is 26.3. The summed E-state index contributed by atoms with van der Waals surface area (Å²) in [6, 6.07) is 11.9. The minimum absolute atomic E-state index is 0.0521. The molecule has 3 aromatic rings. The maximum absolute atomic E-state index is 13.4. The van der Waals surface area contributed by atoms with Gasteiger partial charge in [-0.15, -0.1) is 0 Å². The van der Waals surface area contributed by atoms with Crippen LogP contribution in [0.5, 0.6) is 0 Å². The summed E-state index contributed by atoms with van der Waals surface area (Å²) in [5.41, 5.74) is -1.01. The van der Waals surface area contributed by atoms with E-state index in [2.05, 4.69) is 10.3 Å². The Morgan fingerprint density at radius 2 is 1.74 bits per heavy atom. The number of carbonyl (C=O) groups is 3. The fraction of sp³-hybridized carbons (Fsp3) is 0.200. The highest BCUT2D eigenvalue weighted by atomic mass is 19.4. The van der Waals surface area contributed by atoms with E-state index >= 15 is 0 Å². The number of nitro benzene ring substituents is 1. The number of pyridine rings is 1. The fourth-order valence-corrected chi connectivity index (χ4v) is 3.89. The van der Waals surface area contributed by atoms with E-state index in [0.29, 0.717) is 12.0 Å². The minimum atomic E-state index is -4.76. The molecule has 4 amide bonds. The van der Waals surface area contributed by atoms with Gasteiger partial charge in [-0.25, -0.2) is 9.78 Å². The summed E-state index contributed by atoms with van der Waals surface area (Å²) < 4.78 is 40.1. The van der Waals surface area contributed by atoms with Crippen molar-refractivity contribution in [2.24, 2.45) is 0 Å². The smallest absolute Gasteiger partial charge is 0.348 e. The Morgan fingerprint density at radius 1 is 1.03 bits per heavy atom. The molecule has 1 aromatic heterocycles. The minimum Gasteiger partial charge on any atom is -0.348 e. The second kappa shape index (κ2) is 10.7. The molecule has 4 rings (SSSR count). The van der Waals surface area contributed by atoms with Crippen molar-refractivity contribution in [3.63, 3.8) is 0 Å². The van der Waals surface area contributed by atoms with Gasteiger partial charge in [-0.1, -0.05) is 24.3 Å². The number of imide groups is 1. The molecule has 2 aromatic carbocycles. The van der Waals surface area contributed by atoms with E-state index < -0.39 is 40.1 Å². The van der Waals surface area contributed by atoms with Crippen molar-refractivity contribution in [1.29, 1.82) is 0 Å². The number of non-ortho nitro benzene ring substituents is 1. The highest BCUT2D eigenvalue weighted by Crippen LogP contribution is 2.33. The number of aromatic nitrogens is 1. The second-order valence-electron chi connectivity index (χ2n) is 8.30. The Hall–Kier alpha value is -4.81. The maximum Gasteiger partial charge on any atom is 0.417 e. The van der Waals surface area contributed by atoms with Crippen molar-refractivity contribution in [3.05, 3.63) is 99.2 Å². The number of amides is 4. The lowest BCUT2D eigenvalue weighted by Crippen LogP contribution is -2.52. The number of alkyl halides is 3. The number of rotatable bonds is 6. The van der Waals surface area contributed by atoms with E-state index in [-0.39, 0.29) is 36.7 Å². The van der Waals surface area contributed by atoms with Gasteiger partial charge in [-0.3, -0.25) is 29.5 Å². The molecule has 1 aliphatic heterocycles. The topological polar surface area (TPSA) is 126 Å². The average Bonchev–Trinajstić information content (AvgIpc) is 2.91. The lowest BCUT2D eigenvalue weighted by atomic mass is 10.1.